The van der Waals surface area contributed by atoms with E-state index in [9.17, 15) is 0 Å². The lowest BCUT2D eigenvalue weighted by Gasteiger charge is -2.28. The summed E-state index contributed by atoms with van der Waals surface area (Å²) in [6, 6.07) is 2.69. The Morgan fingerprint density at radius 1 is 1.22 bits per heavy atom. The maximum Gasteiger partial charge on any atom is 0.0630 e. The topological polar surface area (TPSA) is 17.8 Å². The smallest absolute Gasteiger partial charge is 0.0630 e. The molecule has 18 heavy (non-hydrogen) atoms. The lowest BCUT2D eigenvalue weighted by atomic mass is 9.80. The normalized spacial score (nSPS) is 12.3. The highest BCUT2D eigenvalue weighted by Gasteiger charge is 2.26. The highest BCUT2D eigenvalue weighted by molar-refractivity contribution is 6.18. The minimum absolute atomic E-state index is 0.217. The molecule has 0 spiro atoms. The van der Waals surface area contributed by atoms with Crippen LogP contribution in [0.5, 0.6) is 0 Å². The van der Waals surface area contributed by atoms with Crippen LogP contribution in [0.1, 0.15) is 65.1 Å². The van der Waals surface area contributed by atoms with Crippen LogP contribution >= 0.6 is 11.6 Å². The molecule has 0 saturated carbocycles. The zero-order valence-corrected chi connectivity index (χ0v) is 13.0. The summed E-state index contributed by atoms with van der Waals surface area (Å²) in [5, 5.41) is 4.74. The van der Waals surface area contributed by atoms with Crippen molar-refractivity contribution in [2.45, 2.75) is 65.8 Å². The summed E-state index contributed by atoms with van der Waals surface area (Å²) in [6.45, 7) is 8.89. The molecule has 1 aromatic rings. The molecular formula is C15H27ClN2. The molecule has 0 aliphatic rings. The van der Waals surface area contributed by atoms with Gasteiger partial charge in [0.05, 0.1) is 11.7 Å². The average molecular weight is 271 g/mol. The van der Waals surface area contributed by atoms with Gasteiger partial charge in [-0.05, 0) is 43.6 Å². The van der Waals surface area contributed by atoms with Gasteiger partial charge in [0.2, 0.25) is 0 Å². The van der Waals surface area contributed by atoms with Crippen molar-refractivity contribution in [2.24, 2.45) is 5.41 Å². The summed E-state index contributed by atoms with van der Waals surface area (Å²) >= 11 is 6.16. The van der Waals surface area contributed by atoms with Gasteiger partial charge in [-0.1, -0.05) is 27.7 Å². The number of hydrogen-bond donors (Lipinski definition) is 0. The Hall–Kier alpha value is -0.500. The van der Waals surface area contributed by atoms with E-state index in [1.807, 2.05) is 0 Å². The Balaban J connectivity index is 2.79. The lowest BCUT2D eigenvalue weighted by Crippen LogP contribution is -2.24. The third-order valence-electron chi connectivity index (χ3n) is 4.32. The summed E-state index contributed by atoms with van der Waals surface area (Å²) in [5.74, 6) is 0.720. The van der Waals surface area contributed by atoms with Gasteiger partial charge in [-0.2, -0.15) is 5.10 Å². The SMILES string of the molecule is CCC(CC)n1ccc(CC(CC)(CC)CCl)n1. The van der Waals surface area contributed by atoms with Crippen molar-refractivity contribution in [1.29, 1.82) is 0 Å². The summed E-state index contributed by atoms with van der Waals surface area (Å²) in [5.41, 5.74) is 1.40. The van der Waals surface area contributed by atoms with Crippen molar-refractivity contribution in [3.8, 4) is 0 Å². The molecule has 0 atom stereocenters. The van der Waals surface area contributed by atoms with E-state index in [2.05, 4.69) is 44.6 Å². The molecule has 0 fully saturated rings. The first-order chi connectivity index (χ1) is 8.64. The average Bonchev–Trinajstić information content (AvgIpc) is 2.86. The molecule has 0 N–H and O–H groups in total. The Kier molecular flexibility index (Phi) is 6.20. The van der Waals surface area contributed by atoms with E-state index < -0.39 is 0 Å². The minimum Gasteiger partial charge on any atom is -0.269 e. The van der Waals surface area contributed by atoms with E-state index in [1.54, 1.807) is 0 Å². The third-order valence-corrected chi connectivity index (χ3v) is 4.89. The fourth-order valence-electron chi connectivity index (χ4n) is 2.46. The Morgan fingerprint density at radius 2 is 1.83 bits per heavy atom. The van der Waals surface area contributed by atoms with Crippen LogP contribution in [-0.4, -0.2) is 15.7 Å². The molecule has 1 heterocycles. The van der Waals surface area contributed by atoms with Crippen molar-refractivity contribution in [3.05, 3.63) is 18.0 Å². The number of hydrogen-bond acceptors (Lipinski definition) is 1. The second-order valence-corrected chi connectivity index (χ2v) is 5.54. The van der Waals surface area contributed by atoms with Crippen LogP contribution in [0.3, 0.4) is 0 Å². The Bertz CT molecular complexity index is 330. The van der Waals surface area contributed by atoms with E-state index in [1.165, 1.54) is 5.69 Å². The van der Waals surface area contributed by atoms with E-state index in [4.69, 9.17) is 16.7 Å². The van der Waals surface area contributed by atoms with Crippen LogP contribution < -0.4 is 0 Å². The van der Waals surface area contributed by atoms with Crippen molar-refractivity contribution in [1.82, 2.24) is 9.78 Å². The van der Waals surface area contributed by atoms with Crippen molar-refractivity contribution < 1.29 is 0 Å². The molecule has 2 nitrogen and oxygen atoms in total. The summed E-state index contributed by atoms with van der Waals surface area (Å²) < 4.78 is 2.12. The second-order valence-electron chi connectivity index (χ2n) is 5.27. The number of alkyl halides is 1. The maximum atomic E-state index is 6.16. The van der Waals surface area contributed by atoms with Gasteiger partial charge in [0, 0.05) is 12.1 Å². The van der Waals surface area contributed by atoms with E-state index in [-0.39, 0.29) is 5.41 Å². The van der Waals surface area contributed by atoms with Crippen molar-refractivity contribution >= 4 is 11.6 Å². The van der Waals surface area contributed by atoms with Crippen LogP contribution in [0.2, 0.25) is 0 Å². The van der Waals surface area contributed by atoms with Gasteiger partial charge in [-0.15, -0.1) is 11.6 Å². The molecule has 3 heteroatoms. The van der Waals surface area contributed by atoms with E-state index in [0.717, 1.165) is 38.0 Å². The zero-order valence-electron chi connectivity index (χ0n) is 12.2. The van der Waals surface area contributed by atoms with E-state index in [0.29, 0.717) is 6.04 Å². The fraction of sp³-hybridized carbons (Fsp3) is 0.800. The quantitative estimate of drug-likeness (QED) is 0.619. The zero-order chi connectivity index (χ0) is 13.6. The highest BCUT2D eigenvalue weighted by atomic mass is 35.5. The largest absolute Gasteiger partial charge is 0.269 e. The highest BCUT2D eigenvalue weighted by Crippen LogP contribution is 2.32. The minimum atomic E-state index is 0.217. The molecule has 0 unspecified atom stereocenters. The maximum absolute atomic E-state index is 6.16. The summed E-state index contributed by atoms with van der Waals surface area (Å²) in [4.78, 5) is 0. The molecule has 1 aromatic heterocycles. The molecule has 0 bridgehead atoms. The first kappa shape index (κ1) is 15.6. The molecule has 1 rings (SSSR count). The van der Waals surface area contributed by atoms with Crippen LogP contribution in [0.15, 0.2) is 12.3 Å². The van der Waals surface area contributed by atoms with Crippen molar-refractivity contribution in [3.63, 3.8) is 0 Å². The predicted molar refractivity (Wildman–Crippen MR) is 79.3 cm³/mol. The standard InChI is InChI=1S/C15H27ClN2/c1-5-14(6-2)18-10-9-13(17-18)11-15(7-3,8-4)12-16/h9-10,14H,5-8,11-12H2,1-4H3. The molecule has 0 amide bonds. The molecule has 0 aliphatic carbocycles. The number of halogens is 1. The van der Waals surface area contributed by atoms with Crippen LogP contribution in [0.4, 0.5) is 0 Å². The number of rotatable bonds is 8. The monoisotopic (exact) mass is 270 g/mol. The summed E-state index contributed by atoms with van der Waals surface area (Å²) in [6.07, 6.45) is 7.63. The summed E-state index contributed by atoms with van der Waals surface area (Å²) in [7, 11) is 0. The number of nitrogens with zero attached hydrogens (tertiary/aromatic N) is 2. The van der Waals surface area contributed by atoms with Crippen molar-refractivity contribution in [2.75, 3.05) is 5.88 Å². The van der Waals surface area contributed by atoms with Crippen LogP contribution in [0.25, 0.3) is 0 Å². The van der Waals surface area contributed by atoms with Gasteiger partial charge in [-0.25, -0.2) is 0 Å². The Morgan fingerprint density at radius 3 is 2.28 bits per heavy atom. The lowest BCUT2D eigenvalue weighted by molar-refractivity contribution is 0.296. The Labute approximate surface area is 117 Å². The fourth-order valence-corrected chi connectivity index (χ4v) is 2.93. The number of aromatic nitrogens is 2. The van der Waals surface area contributed by atoms with Gasteiger partial charge in [0.1, 0.15) is 0 Å². The molecule has 0 aromatic carbocycles. The predicted octanol–water partition coefficient (Wildman–Crippen LogP) is 4.83. The van der Waals surface area contributed by atoms with Crippen LogP contribution in [0, 0.1) is 5.41 Å². The second kappa shape index (κ2) is 7.18. The third kappa shape index (κ3) is 3.50. The van der Waals surface area contributed by atoms with Gasteiger partial charge in [-0.3, -0.25) is 4.68 Å². The van der Waals surface area contributed by atoms with Gasteiger partial charge in [0.25, 0.3) is 0 Å². The first-order valence-electron chi connectivity index (χ1n) is 7.24. The molecular weight excluding hydrogens is 244 g/mol. The van der Waals surface area contributed by atoms with Crippen LogP contribution in [-0.2, 0) is 6.42 Å². The van der Waals surface area contributed by atoms with E-state index >= 15 is 0 Å². The molecule has 104 valence electrons. The van der Waals surface area contributed by atoms with Gasteiger partial charge >= 0.3 is 0 Å². The molecule has 0 saturated heterocycles. The van der Waals surface area contributed by atoms with Gasteiger partial charge < -0.3 is 0 Å². The molecule has 0 radical (unpaired) electrons. The molecule has 0 aliphatic heterocycles. The first-order valence-corrected chi connectivity index (χ1v) is 7.78. The van der Waals surface area contributed by atoms with Gasteiger partial charge in [0.15, 0.2) is 0 Å².